The van der Waals surface area contributed by atoms with Crippen LogP contribution in [0.25, 0.3) is 10.9 Å². The number of methoxy groups -OCH3 is 2. The number of cyclic esters (lactones) is 1. The molecule has 4 aliphatic rings. The van der Waals surface area contributed by atoms with Crippen molar-refractivity contribution in [1.29, 1.82) is 0 Å². The first-order valence-corrected chi connectivity index (χ1v) is 25.6. The van der Waals surface area contributed by atoms with Crippen LogP contribution in [0.15, 0.2) is 79.1 Å². The largest absolute Gasteiger partial charge is 0.488 e. The number of aliphatic hydroxyl groups excluding tert-OH is 1. The number of Topliss-reactive ketones (excluding diaryl/α,β-unsaturated/α-hetero) is 2. The average molecular weight is 973 g/mol. The molecular weight excluding hydrogens is 893 g/mol. The Morgan fingerprint density at radius 1 is 0.929 bits per heavy atom. The van der Waals surface area contributed by atoms with Crippen LogP contribution in [-0.2, 0) is 49.4 Å². The molecule has 386 valence electrons. The highest BCUT2D eigenvalue weighted by molar-refractivity contribution is 6.39. The Bertz CT molecular complexity index is 2220. The predicted octanol–water partition coefficient (Wildman–Crippen LogP) is 8.26. The van der Waals surface area contributed by atoms with Gasteiger partial charge in [0.25, 0.3) is 11.7 Å². The summed E-state index contributed by atoms with van der Waals surface area (Å²) in [4.78, 5) is 58.9. The van der Waals surface area contributed by atoms with Crippen molar-refractivity contribution in [3.8, 4) is 5.75 Å². The summed E-state index contributed by atoms with van der Waals surface area (Å²) in [6.07, 6.45) is 9.73. The van der Waals surface area contributed by atoms with Gasteiger partial charge in [0.1, 0.15) is 35.9 Å². The van der Waals surface area contributed by atoms with Crippen molar-refractivity contribution >= 4 is 34.3 Å². The molecule has 1 saturated carbocycles. The molecule has 2 aromatic rings. The first-order valence-electron chi connectivity index (χ1n) is 25.6. The number of piperidine rings is 1. The van der Waals surface area contributed by atoms with E-state index in [1.807, 2.05) is 58.2 Å². The van der Waals surface area contributed by atoms with Gasteiger partial charge in [0.2, 0.25) is 5.79 Å². The number of esters is 1. The number of hydrogen-bond acceptors (Lipinski definition) is 12. The lowest BCUT2D eigenvalue weighted by Gasteiger charge is -2.47. The monoisotopic (exact) mass is 973 g/mol. The number of fused-ring (bicyclic) bond motifs is 4. The van der Waals surface area contributed by atoms with Crippen molar-refractivity contribution in [3.05, 3.63) is 79.1 Å². The van der Waals surface area contributed by atoms with Gasteiger partial charge >= 0.3 is 5.97 Å². The van der Waals surface area contributed by atoms with Crippen molar-refractivity contribution in [2.75, 3.05) is 27.4 Å². The molecule has 0 spiro atoms. The molecule has 1 aromatic heterocycles. The van der Waals surface area contributed by atoms with Crippen molar-refractivity contribution in [1.82, 2.24) is 9.47 Å². The van der Waals surface area contributed by atoms with E-state index in [-0.39, 0.29) is 55.6 Å². The molecule has 2 bridgehead atoms. The van der Waals surface area contributed by atoms with Crippen LogP contribution in [0.5, 0.6) is 5.75 Å². The number of ether oxygens (including phenoxy) is 6. The number of benzene rings is 1. The van der Waals surface area contributed by atoms with Crippen LogP contribution in [0.4, 0.5) is 0 Å². The normalized spacial score (nSPS) is 35.5. The van der Waals surface area contributed by atoms with E-state index in [0.717, 1.165) is 28.6 Å². The van der Waals surface area contributed by atoms with Crippen molar-refractivity contribution in [2.24, 2.45) is 29.6 Å². The SMILES string of the molecule is C=CCC1/C=C(\C)CC(C)CC(OC)C2OC(O)(C(=O)C(=O)N3CCCCC3C(=O)OC(C(C)=CC3CCC(Oc4ccc5c(ccn5CC=C)c4)C(OCC)C3)C(C)C(O)CC1=O)C(C)CC2OC. The maximum Gasteiger partial charge on any atom is 0.329 e. The van der Waals surface area contributed by atoms with Crippen LogP contribution in [0.1, 0.15) is 112 Å². The zero-order valence-corrected chi connectivity index (χ0v) is 42.9. The van der Waals surface area contributed by atoms with Gasteiger partial charge in [-0.3, -0.25) is 14.4 Å². The molecule has 14 nitrogen and oxygen atoms in total. The van der Waals surface area contributed by atoms with E-state index in [4.69, 9.17) is 28.4 Å². The molecule has 3 aliphatic heterocycles. The summed E-state index contributed by atoms with van der Waals surface area (Å²) < 4.78 is 39.6. The van der Waals surface area contributed by atoms with Gasteiger partial charge in [-0.25, -0.2) is 4.79 Å². The topological polar surface area (TPSA) is 172 Å². The zero-order valence-electron chi connectivity index (χ0n) is 42.9. The molecule has 14 unspecified atom stereocenters. The lowest BCUT2D eigenvalue weighted by atomic mass is 9.81. The molecule has 1 amide bonds. The predicted molar refractivity (Wildman–Crippen MR) is 268 cm³/mol. The summed E-state index contributed by atoms with van der Waals surface area (Å²) in [6, 6.07) is 7.00. The Labute approximate surface area is 415 Å². The maximum absolute atomic E-state index is 14.6. The summed E-state index contributed by atoms with van der Waals surface area (Å²) in [5, 5.41) is 25.2. The third-order valence-electron chi connectivity index (χ3n) is 15.3. The second kappa shape index (κ2) is 24.8. The number of carbonyl (C=O) groups excluding carboxylic acids is 4. The highest BCUT2D eigenvalue weighted by atomic mass is 16.7. The smallest absolute Gasteiger partial charge is 0.329 e. The Morgan fingerprint density at radius 2 is 1.67 bits per heavy atom. The molecule has 14 atom stereocenters. The molecule has 2 N–H and O–H groups in total. The molecule has 1 aromatic carbocycles. The van der Waals surface area contributed by atoms with E-state index in [1.165, 1.54) is 19.1 Å². The second-order valence-corrected chi connectivity index (χ2v) is 20.6. The molecule has 1 aliphatic carbocycles. The molecule has 70 heavy (non-hydrogen) atoms. The summed E-state index contributed by atoms with van der Waals surface area (Å²) in [6.45, 7) is 20.3. The Balaban J connectivity index is 1.31. The van der Waals surface area contributed by atoms with E-state index in [0.29, 0.717) is 63.7 Å². The van der Waals surface area contributed by atoms with E-state index >= 15 is 0 Å². The number of allylic oxidation sites excluding steroid dienone is 5. The molecule has 2 saturated heterocycles. The van der Waals surface area contributed by atoms with Gasteiger partial charge < -0.3 is 48.1 Å². The number of ketones is 2. The molecule has 4 heterocycles. The molecule has 6 rings (SSSR count). The maximum atomic E-state index is 14.6. The van der Waals surface area contributed by atoms with Crippen LogP contribution in [0, 0.1) is 29.6 Å². The fourth-order valence-electron chi connectivity index (χ4n) is 11.4. The standard InChI is InChI=1S/C56H80N2O12/c1-11-16-41-27-34(4)26-35(5)28-49(65-9)52-50(66-10)30-37(7)56(64,70-52)53(61)54(62)58-24-15-14-17-44(58)55(63)69-51(38(8)45(59)33-46(41)60)36(6)29-39-18-21-47(48(31-39)67-13-3)68-42-19-20-43-40(32-42)22-25-57(43)23-12-2/h11-12,19-20,22,25,27,29,32,35,37-39,41,44-45,47-52,59,64H,1-2,13-18,21,23-24,26,28,30-31,33H2,3-10H3/b34-27+,36-29?. The minimum absolute atomic E-state index is 0.00182. The number of hydrogen-bond donors (Lipinski definition) is 2. The summed E-state index contributed by atoms with van der Waals surface area (Å²) in [5.41, 5.74) is 2.74. The van der Waals surface area contributed by atoms with Gasteiger partial charge in [-0.15, -0.1) is 13.2 Å². The van der Waals surface area contributed by atoms with Gasteiger partial charge in [0.15, 0.2) is 0 Å². The number of rotatable bonds is 12. The minimum atomic E-state index is -2.52. The highest BCUT2D eigenvalue weighted by Gasteiger charge is 2.56. The van der Waals surface area contributed by atoms with Gasteiger partial charge in [0, 0.05) is 75.2 Å². The van der Waals surface area contributed by atoms with Crippen LogP contribution in [-0.4, -0.2) is 125 Å². The lowest BCUT2D eigenvalue weighted by molar-refractivity contribution is -0.302. The van der Waals surface area contributed by atoms with Crippen molar-refractivity contribution in [2.45, 2.75) is 173 Å². The van der Waals surface area contributed by atoms with E-state index in [1.54, 1.807) is 19.9 Å². The quantitative estimate of drug-likeness (QED) is 0.119. The van der Waals surface area contributed by atoms with Crippen molar-refractivity contribution in [3.63, 3.8) is 0 Å². The van der Waals surface area contributed by atoms with E-state index in [2.05, 4.69) is 35.9 Å². The number of amides is 1. The lowest BCUT2D eigenvalue weighted by Crippen LogP contribution is -2.64. The van der Waals surface area contributed by atoms with Gasteiger partial charge in [-0.2, -0.15) is 0 Å². The summed E-state index contributed by atoms with van der Waals surface area (Å²) >= 11 is 0. The van der Waals surface area contributed by atoms with Gasteiger partial charge in [-0.1, -0.05) is 50.6 Å². The van der Waals surface area contributed by atoms with Crippen molar-refractivity contribution < 1.29 is 57.8 Å². The Morgan fingerprint density at radius 3 is 2.37 bits per heavy atom. The second-order valence-electron chi connectivity index (χ2n) is 20.6. The number of aliphatic hydroxyl groups is 2. The average Bonchev–Trinajstić information content (AvgIpc) is 3.74. The van der Waals surface area contributed by atoms with E-state index in [9.17, 15) is 29.4 Å². The third-order valence-corrected chi connectivity index (χ3v) is 15.3. The van der Waals surface area contributed by atoms with Crippen LogP contribution >= 0.6 is 0 Å². The molecule has 3 fully saturated rings. The minimum Gasteiger partial charge on any atom is -0.488 e. The molecule has 14 heteroatoms. The first kappa shape index (κ1) is 54.9. The number of aromatic nitrogens is 1. The molecule has 0 radical (unpaired) electrons. The van der Waals surface area contributed by atoms with Crippen LogP contribution < -0.4 is 4.74 Å². The fourth-order valence-corrected chi connectivity index (χ4v) is 11.4. The third kappa shape index (κ3) is 12.8. The summed E-state index contributed by atoms with van der Waals surface area (Å²) in [7, 11) is 3.07. The van der Waals surface area contributed by atoms with E-state index < -0.39 is 77.8 Å². The highest BCUT2D eigenvalue weighted by Crippen LogP contribution is 2.40. The number of carbonyl (C=O) groups is 4. The summed E-state index contributed by atoms with van der Waals surface area (Å²) in [5.74, 6) is -7.02. The first-order chi connectivity index (χ1) is 33.5. The number of nitrogens with zero attached hydrogens (tertiary/aromatic N) is 2. The van der Waals surface area contributed by atoms with Gasteiger partial charge in [0.05, 0.1) is 24.4 Å². The molecular formula is C56H80N2O12. The fraction of sp³-hybridized carbons (Fsp3) is 0.643. The van der Waals surface area contributed by atoms with Crippen LogP contribution in [0.2, 0.25) is 0 Å². The van der Waals surface area contributed by atoms with Crippen LogP contribution in [0.3, 0.4) is 0 Å². The Kier molecular flexibility index (Phi) is 19.4. The Hall–Kier alpha value is -4.44. The van der Waals surface area contributed by atoms with Gasteiger partial charge in [-0.05, 0) is 127 Å². The zero-order chi connectivity index (χ0) is 50.9.